The lowest BCUT2D eigenvalue weighted by Gasteiger charge is -2.30. The molecule has 0 aliphatic carbocycles. The predicted octanol–water partition coefficient (Wildman–Crippen LogP) is 6.43. The van der Waals surface area contributed by atoms with Crippen LogP contribution in [0.4, 0.5) is 5.69 Å². The summed E-state index contributed by atoms with van der Waals surface area (Å²) in [5.41, 5.74) is 2.26. The molecule has 0 radical (unpaired) electrons. The summed E-state index contributed by atoms with van der Waals surface area (Å²) in [6.07, 6.45) is 3.30. The molecule has 4 nitrogen and oxygen atoms in total. The SMILES string of the molecule is O=C(c1cccnc1Oc1cc(Cl)ccc1Cl)N1CCCc2cc(Cl)ccc21. The topological polar surface area (TPSA) is 42.4 Å². The minimum atomic E-state index is -0.190. The molecule has 1 aromatic heterocycles. The van der Waals surface area contributed by atoms with Crippen molar-refractivity contribution < 1.29 is 9.53 Å². The highest BCUT2D eigenvalue weighted by molar-refractivity contribution is 6.34. The molecular formula is C21H15Cl3N2O2. The molecule has 0 saturated carbocycles. The number of rotatable bonds is 3. The number of fused-ring (bicyclic) bond motifs is 1. The second-order valence-corrected chi connectivity index (χ2v) is 7.65. The molecule has 0 N–H and O–H groups in total. The van der Waals surface area contributed by atoms with E-state index < -0.39 is 0 Å². The second kappa shape index (κ2) is 8.00. The number of ether oxygens (including phenoxy) is 1. The van der Waals surface area contributed by atoms with Gasteiger partial charge in [0.15, 0.2) is 0 Å². The fraction of sp³-hybridized carbons (Fsp3) is 0.143. The maximum atomic E-state index is 13.3. The van der Waals surface area contributed by atoms with Gasteiger partial charge in [0.25, 0.3) is 5.91 Å². The first-order valence-electron chi connectivity index (χ1n) is 8.71. The van der Waals surface area contributed by atoms with Gasteiger partial charge in [-0.15, -0.1) is 0 Å². The fourth-order valence-electron chi connectivity index (χ4n) is 3.22. The number of hydrogen-bond acceptors (Lipinski definition) is 3. The Balaban J connectivity index is 1.69. The molecule has 1 aliphatic heterocycles. The van der Waals surface area contributed by atoms with Gasteiger partial charge in [0, 0.05) is 34.5 Å². The van der Waals surface area contributed by atoms with Crippen LogP contribution in [0.15, 0.2) is 54.7 Å². The molecule has 142 valence electrons. The lowest BCUT2D eigenvalue weighted by atomic mass is 10.0. The van der Waals surface area contributed by atoms with E-state index >= 15 is 0 Å². The van der Waals surface area contributed by atoms with Crippen molar-refractivity contribution in [1.82, 2.24) is 4.98 Å². The number of halogens is 3. The average molecular weight is 434 g/mol. The number of amides is 1. The number of nitrogens with zero attached hydrogens (tertiary/aromatic N) is 2. The maximum absolute atomic E-state index is 13.3. The third-order valence-corrected chi connectivity index (χ3v) is 5.29. The lowest BCUT2D eigenvalue weighted by molar-refractivity contribution is 0.0982. The number of hydrogen-bond donors (Lipinski definition) is 0. The number of aromatic nitrogens is 1. The van der Waals surface area contributed by atoms with Crippen LogP contribution in [0.1, 0.15) is 22.3 Å². The van der Waals surface area contributed by atoms with Crippen LogP contribution in [0.2, 0.25) is 15.1 Å². The van der Waals surface area contributed by atoms with Crippen molar-refractivity contribution in [2.75, 3.05) is 11.4 Å². The van der Waals surface area contributed by atoms with E-state index in [9.17, 15) is 4.79 Å². The van der Waals surface area contributed by atoms with Gasteiger partial charge >= 0.3 is 0 Å². The van der Waals surface area contributed by atoms with E-state index in [1.807, 2.05) is 12.1 Å². The first kappa shape index (κ1) is 19.1. The molecule has 1 amide bonds. The van der Waals surface area contributed by atoms with Crippen LogP contribution in [-0.2, 0) is 6.42 Å². The summed E-state index contributed by atoms with van der Waals surface area (Å²) >= 11 is 18.3. The van der Waals surface area contributed by atoms with E-state index in [0.29, 0.717) is 32.9 Å². The molecule has 3 aromatic rings. The van der Waals surface area contributed by atoms with Gasteiger partial charge in [-0.1, -0.05) is 34.8 Å². The van der Waals surface area contributed by atoms with Crippen molar-refractivity contribution in [2.45, 2.75) is 12.8 Å². The number of pyridine rings is 1. The summed E-state index contributed by atoms with van der Waals surface area (Å²) in [6.45, 7) is 0.611. The van der Waals surface area contributed by atoms with Crippen molar-refractivity contribution in [2.24, 2.45) is 0 Å². The van der Waals surface area contributed by atoms with Gasteiger partial charge in [0.2, 0.25) is 5.88 Å². The number of anilines is 1. The van der Waals surface area contributed by atoms with Crippen molar-refractivity contribution in [1.29, 1.82) is 0 Å². The molecule has 0 atom stereocenters. The van der Waals surface area contributed by atoms with Gasteiger partial charge in [-0.05, 0) is 60.9 Å². The summed E-state index contributed by atoms with van der Waals surface area (Å²) < 4.78 is 5.84. The molecule has 0 spiro atoms. The highest BCUT2D eigenvalue weighted by Crippen LogP contribution is 2.35. The highest BCUT2D eigenvalue weighted by atomic mass is 35.5. The Morgan fingerprint density at radius 1 is 1.04 bits per heavy atom. The summed E-state index contributed by atoms with van der Waals surface area (Å²) in [5, 5.41) is 1.52. The monoisotopic (exact) mass is 432 g/mol. The molecule has 0 saturated heterocycles. The standard InChI is InChI=1S/C21H15Cl3N2O2/c22-14-6-8-18-13(11-14)3-2-10-26(18)21(27)16-4-1-9-25-20(16)28-19-12-15(23)5-7-17(19)24/h1,4-9,11-12H,2-3,10H2. The summed E-state index contributed by atoms with van der Waals surface area (Å²) in [5.74, 6) is 0.329. The largest absolute Gasteiger partial charge is 0.437 e. The molecule has 2 aromatic carbocycles. The van der Waals surface area contributed by atoms with Crippen molar-refractivity contribution in [3.05, 3.63) is 80.9 Å². The molecule has 1 aliphatic rings. The Bertz CT molecular complexity index is 1060. The van der Waals surface area contributed by atoms with Gasteiger partial charge in [-0.2, -0.15) is 0 Å². The minimum Gasteiger partial charge on any atom is -0.437 e. The maximum Gasteiger partial charge on any atom is 0.263 e. The number of benzene rings is 2. The molecule has 28 heavy (non-hydrogen) atoms. The minimum absolute atomic E-state index is 0.178. The quantitative estimate of drug-likeness (QED) is 0.478. The molecule has 4 rings (SSSR count). The molecule has 7 heteroatoms. The number of aryl methyl sites for hydroxylation is 1. The lowest BCUT2D eigenvalue weighted by Crippen LogP contribution is -2.35. The smallest absolute Gasteiger partial charge is 0.263 e. The Hall–Kier alpha value is -2.27. The Morgan fingerprint density at radius 3 is 2.68 bits per heavy atom. The molecular weight excluding hydrogens is 419 g/mol. The molecule has 0 bridgehead atoms. The Labute approximate surface area is 177 Å². The van der Waals surface area contributed by atoms with Gasteiger partial charge in [-0.3, -0.25) is 4.79 Å². The first-order chi connectivity index (χ1) is 13.5. The normalized spacial score (nSPS) is 13.2. The van der Waals surface area contributed by atoms with Gasteiger partial charge in [0.05, 0.1) is 5.02 Å². The van der Waals surface area contributed by atoms with E-state index in [2.05, 4.69) is 4.98 Å². The number of carbonyl (C=O) groups excluding carboxylic acids is 1. The van der Waals surface area contributed by atoms with E-state index in [4.69, 9.17) is 39.5 Å². The zero-order valence-electron chi connectivity index (χ0n) is 14.7. The van der Waals surface area contributed by atoms with E-state index in [-0.39, 0.29) is 11.8 Å². The summed E-state index contributed by atoms with van der Waals surface area (Å²) in [4.78, 5) is 19.3. The van der Waals surface area contributed by atoms with Crippen molar-refractivity contribution >= 4 is 46.4 Å². The summed E-state index contributed by atoms with van der Waals surface area (Å²) in [7, 11) is 0. The molecule has 2 heterocycles. The zero-order valence-corrected chi connectivity index (χ0v) is 16.9. The van der Waals surface area contributed by atoms with Crippen LogP contribution < -0.4 is 9.64 Å². The van der Waals surface area contributed by atoms with Gasteiger partial charge < -0.3 is 9.64 Å². The summed E-state index contributed by atoms with van der Waals surface area (Å²) in [6, 6.07) is 13.8. The Morgan fingerprint density at radius 2 is 1.82 bits per heavy atom. The van der Waals surface area contributed by atoms with E-state index in [0.717, 1.165) is 24.1 Å². The van der Waals surface area contributed by atoms with Crippen LogP contribution in [0, 0.1) is 0 Å². The third-order valence-electron chi connectivity index (χ3n) is 4.51. The van der Waals surface area contributed by atoms with Crippen molar-refractivity contribution in [3.8, 4) is 11.6 Å². The van der Waals surface area contributed by atoms with Gasteiger partial charge in [-0.25, -0.2) is 4.98 Å². The average Bonchev–Trinajstić information content (AvgIpc) is 2.70. The number of carbonyl (C=O) groups is 1. The predicted molar refractivity (Wildman–Crippen MR) is 112 cm³/mol. The fourth-order valence-corrected chi connectivity index (χ4v) is 3.73. The zero-order chi connectivity index (χ0) is 19.7. The van der Waals surface area contributed by atoms with Crippen LogP contribution in [-0.4, -0.2) is 17.4 Å². The third kappa shape index (κ3) is 3.81. The van der Waals surface area contributed by atoms with Crippen LogP contribution in [0.5, 0.6) is 11.6 Å². The van der Waals surface area contributed by atoms with E-state index in [1.54, 1.807) is 47.5 Å². The van der Waals surface area contributed by atoms with Crippen LogP contribution >= 0.6 is 34.8 Å². The highest BCUT2D eigenvalue weighted by Gasteiger charge is 2.26. The molecule has 0 fully saturated rings. The van der Waals surface area contributed by atoms with Crippen molar-refractivity contribution in [3.63, 3.8) is 0 Å². The molecule has 0 unspecified atom stereocenters. The van der Waals surface area contributed by atoms with Crippen LogP contribution in [0.3, 0.4) is 0 Å². The second-order valence-electron chi connectivity index (χ2n) is 6.37. The Kier molecular flexibility index (Phi) is 5.44. The van der Waals surface area contributed by atoms with Crippen LogP contribution in [0.25, 0.3) is 0 Å². The van der Waals surface area contributed by atoms with Gasteiger partial charge in [0.1, 0.15) is 11.3 Å². The first-order valence-corrected chi connectivity index (χ1v) is 9.84. The van der Waals surface area contributed by atoms with E-state index in [1.165, 1.54) is 0 Å².